The molecular weight excluding hydrogens is 324 g/mol. The molecule has 1 aliphatic heterocycles. The Morgan fingerprint density at radius 2 is 2.04 bits per heavy atom. The van der Waals surface area contributed by atoms with E-state index in [9.17, 15) is 8.42 Å². The second-order valence-corrected chi connectivity index (χ2v) is 8.79. The quantitative estimate of drug-likeness (QED) is 0.895. The minimum atomic E-state index is -3.60. The van der Waals surface area contributed by atoms with Crippen LogP contribution in [0.2, 0.25) is 0 Å². The van der Waals surface area contributed by atoms with E-state index in [4.69, 9.17) is 5.14 Å². The lowest BCUT2D eigenvalue weighted by Gasteiger charge is -2.50. The molecule has 2 heterocycles. The fourth-order valence-electron chi connectivity index (χ4n) is 3.28. The zero-order valence-corrected chi connectivity index (χ0v) is 15.2. The Bertz CT molecular complexity index is 860. The van der Waals surface area contributed by atoms with Gasteiger partial charge in [-0.1, -0.05) is 19.1 Å². The molecule has 0 spiro atoms. The number of aryl methyl sites for hydroxylation is 1. The molecule has 130 valence electrons. The van der Waals surface area contributed by atoms with Crippen LogP contribution in [-0.2, 0) is 10.2 Å². The highest BCUT2D eigenvalue weighted by atomic mass is 32.2. The van der Waals surface area contributed by atoms with E-state index in [-0.39, 0.29) is 5.41 Å². The highest BCUT2D eigenvalue weighted by Gasteiger charge is 2.39. The monoisotopic (exact) mass is 348 g/mol. The number of fused-ring (bicyclic) bond motifs is 1. The molecule has 0 amide bonds. The van der Waals surface area contributed by atoms with Gasteiger partial charge < -0.3 is 4.90 Å². The molecule has 0 atom stereocenters. The van der Waals surface area contributed by atoms with Gasteiger partial charge in [0, 0.05) is 49.4 Å². The van der Waals surface area contributed by atoms with Gasteiger partial charge in [0.15, 0.2) is 0 Å². The number of hydrogen-bond donors (Lipinski definition) is 1. The Labute approximate surface area is 143 Å². The number of hydrogen-bond acceptors (Lipinski definition) is 4. The van der Waals surface area contributed by atoms with E-state index in [2.05, 4.69) is 41.9 Å². The van der Waals surface area contributed by atoms with Crippen LogP contribution in [0, 0.1) is 12.3 Å². The molecule has 2 N–H and O–H groups in total. The predicted octanol–water partition coefficient (Wildman–Crippen LogP) is 1.89. The molecular formula is C17H24N4O2S. The standard InChI is InChI=1S/C17H24N4O2S/c1-13-4-5-14-15(10-13)19-8-6-16(14)21-11-17(2,12-21)7-9-20(3)24(18,22)23/h4-6,8,10H,7,9,11-12H2,1-3H3,(H2,18,22,23). The fraction of sp³-hybridized carbons (Fsp3) is 0.471. The van der Waals surface area contributed by atoms with Crippen LogP contribution < -0.4 is 10.0 Å². The van der Waals surface area contributed by atoms with Crippen LogP contribution in [-0.4, -0.2) is 44.4 Å². The minimum absolute atomic E-state index is 0.0965. The summed E-state index contributed by atoms with van der Waals surface area (Å²) in [5, 5.41) is 6.30. The lowest BCUT2D eigenvalue weighted by molar-refractivity contribution is 0.209. The van der Waals surface area contributed by atoms with E-state index in [1.165, 1.54) is 22.6 Å². The first-order valence-electron chi connectivity index (χ1n) is 8.02. The first kappa shape index (κ1) is 17.1. The summed E-state index contributed by atoms with van der Waals surface area (Å²) in [4.78, 5) is 6.78. The summed E-state index contributed by atoms with van der Waals surface area (Å²) in [5.74, 6) is 0. The Kier molecular flexibility index (Phi) is 4.27. The number of nitrogens with two attached hydrogens (primary N) is 1. The van der Waals surface area contributed by atoms with Gasteiger partial charge in [-0.15, -0.1) is 0 Å². The van der Waals surface area contributed by atoms with Gasteiger partial charge in [-0.25, -0.2) is 5.14 Å². The highest BCUT2D eigenvalue weighted by molar-refractivity contribution is 7.86. The first-order chi connectivity index (χ1) is 11.2. The fourth-order valence-corrected chi connectivity index (χ4v) is 3.62. The van der Waals surface area contributed by atoms with E-state index in [1.807, 2.05) is 12.3 Å². The van der Waals surface area contributed by atoms with Gasteiger partial charge in [0.1, 0.15) is 0 Å². The molecule has 0 aliphatic carbocycles. The summed E-state index contributed by atoms with van der Waals surface area (Å²) in [6.45, 7) is 6.50. The van der Waals surface area contributed by atoms with Gasteiger partial charge >= 0.3 is 0 Å². The molecule has 0 saturated carbocycles. The van der Waals surface area contributed by atoms with Crippen molar-refractivity contribution < 1.29 is 8.42 Å². The highest BCUT2D eigenvalue weighted by Crippen LogP contribution is 2.39. The maximum Gasteiger partial charge on any atom is 0.276 e. The average Bonchev–Trinajstić information content (AvgIpc) is 2.48. The van der Waals surface area contributed by atoms with Crippen LogP contribution in [0.1, 0.15) is 18.9 Å². The smallest absolute Gasteiger partial charge is 0.276 e. The molecule has 2 aromatic rings. The summed E-state index contributed by atoms with van der Waals surface area (Å²) in [7, 11) is -2.07. The molecule has 1 aromatic carbocycles. The largest absolute Gasteiger partial charge is 0.370 e. The van der Waals surface area contributed by atoms with E-state index in [0.717, 1.165) is 30.4 Å². The molecule has 0 bridgehead atoms. The number of pyridine rings is 1. The van der Waals surface area contributed by atoms with Crippen LogP contribution in [0.15, 0.2) is 30.5 Å². The number of anilines is 1. The van der Waals surface area contributed by atoms with Gasteiger partial charge in [-0.2, -0.15) is 12.7 Å². The summed E-state index contributed by atoms with van der Waals surface area (Å²) < 4.78 is 23.8. The second kappa shape index (κ2) is 5.98. The second-order valence-electron chi connectivity index (χ2n) is 7.13. The summed E-state index contributed by atoms with van der Waals surface area (Å²) in [5.41, 5.74) is 3.50. The molecule has 7 heteroatoms. The SMILES string of the molecule is Cc1ccc2c(N3CC(C)(CCN(C)S(N)(=O)=O)C3)ccnc2c1. The minimum Gasteiger partial charge on any atom is -0.370 e. The summed E-state index contributed by atoms with van der Waals surface area (Å²) in [6, 6.07) is 8.37. The van der Waals surface area contributed by atoms with Gasteiger partial charge in [0.2, 0.25) is 0 Å². The van der Waals surface area contributed by atoms with Crippen molar-refractivity contribution in [1.29, 1.82) is 0 Å². The van der Waals surface area contributed by atoms with Gasteiger partial charge in [0.25, 0.3) is 10.2 Å². The normalized spacial score (nSPS) is 17.3. The van der Waals surface area contributed by atoms with Crippen molar-refractivity contribution in [3.63, 3.8) is 0 Å². The topological polar surface area (TPSA) is 79.5 Å². The molecule has 0 unspecified atom stereocenters. The van der Waals surface area contributed by atoms with E-state index in [0.29, 0.717) is 6.54 Å². The van der Waals surface area contributed by atoms with Gasteiger partial charge in [0.05, 0.1) is 5.52 Å². The molecule has 6 nitrogen and oxygen atoms in total. The zero-order valence-electron chi connectivity index (χ0n) is 14.4. The molecule has 1 aromatic heterocycles. The van der Waals surface area contributed by atoms with Crippen LogP contribution in [0.25, 0.3) is 10.9 Å². The van der Waals surface area contributed by atoms with E-state index in [1.54, 1.807) is 0 Å². The van der Waals surface area contributed by atoms with E-state index >= 15 is 0 Å². The average molecular weight is 348 g/mol. The van der Waals surface area contributed by atoms with Gasteiger partial charge in [-0.3, -0.25) is 4.98 Å². The number of aromatic nitrogens is 1. The number of rotatable bonds is 5. The first-order valence-corrected chi connectivity index (χ1v) is 9.53. The third-order valence-electron chi connectivity index (χ3n) is 4.83. The van der Waals surface area contributed by atoms with Crippen molar-refractivity contribution in [2.45, 2.75) is 20.3 Å². The molecule has 1 saturated heterocycles. The molecule has 1 aliphatic rings. The Balaban J connectivity index is 1.70. The Hall–Kier alpha value is -1.70. The van der Waals surface area contributed by atoms with Gasteiger partial charge in [-0.05, 0) is 31.0 Å². The molecule has 3 rings (SSSR count). The third-order valence-corrected chi connectivity index (χ3v) is 5.88. The van der Waals surface area contributed by atoms with Crippen LogP contribution in [0.5, 0.6) is 0 Å². The number of nitrogens with zero attached hydrogens (tertiary/aromatic N) is 3. The maximum absolute atomic E-state index is 11.3. The van der Waals surface area contributed by atoms with Crippen molar-refractivity contribution in [1.82, 2.24) is 9.29 Å². The molecule has 24 heavy (non-hydrogen) atoms. The number of benzene rings is 1. The molecule has 0 radical (unpaired) electrons. The maximum atomic E-state index is 11.3. The van der Waals surface area contributed by atoms with Crippen molar-refractivity contribution in [3.05, 3.63) is 36.0 Å². The summed E-state index contributed by atoms with van der Waals surface area (Å²) >= 11 is 0. The molecule has 1 fully saturated rings. The Morgan fingerprint density at radius 3 is 2.71 bits per heavy atom. The van der Waals surface area contributed by atoms with Crippen molar-refractivity contribution >= 4 is 26.8 Å². The third kappa shape index (κ3) is 3.38. The predicted molar refractivity (Wildman–Crippen MR) is 97.2 cm³/mol. The van der Waals surface area contributed by atoms with Crippen LogP contribution in [0.4, 0.5) is 5.69 Å². The van der Waals surface area contributed by atoms with Crippen molar-refractivity contribution in [3.8, 4) is 0 Å². The lowest BCUT2D eigenvalue weighted by Crippen LogP contribution is -2.56. The van der Waals surface area contributed by atoms with Crippen molar-refractivity contribution in [2.75, 3.05) is 31.6 Å². The zero-order chi connectivity index (χ0) is 17.5. The lowest BCUT2D eigenvalue weighted by atomic mass is 9.78. The van der Waals surface area contributed by atoms with Crippen LogP contribution in [0.3, 0.4) is 0 Å². The van der Waals surface area contributed by atoms with E-state index < -0.39 is 10.2 Å². The Morgan fingerprint density at radius 1 is 1.33 bits per heavy atom. The van der Waals surface area contributed by atoms with Crippen molar-refractivity contribution in [2.24, 2.45) is 10.6 Å². The summed E-state index contributed by atoms with van der Waals surface area (Å²) in [6.07, 6.45) is 2.64. The van der Waals surface area contributed by atoms with Crippen LogP contribution >= 0.6 is 0 Å².